The highest BCUT2D eigenvalue weighted by molar-refractivity contribution is 7.12. The van der Waals surface area contributed by atoms with Crippen molar-refractivity contribution >= 4 is 29.0 Å². The molecule has 2 atom stereocenters. The Morgan fingerprint density at radius 3 is 2.46 bits per heavy atom. The molecule has 1 aromatic rings. The molecule has 0 unspecified atom stereocenters. The normalized spacial score (nSPS) is 23.5. The Labute approximate surface area is 145 Å². The van der Waals surface area contributed by atoms with Crippen LogP contribution in [-0.2, 0) is 9.59 Å². The highest BCUT2D eigenvalue weighted by Gasteiger charge is 2.46. The molecule has 0 radical (unpaired) electrons. The Bertz CT molecular complexity index is 677. The van der Waals surface area contributed by atoms with Gasteiger partial charge in [0.05, 0.1) is 5.92 Å². The van der Waals surface area contributed by atoms with Gasteiger partial charge in [0.1, 0.15) is 0 Å². The molecule has 24 heavy (non-hydrogen) atoms. The average molecular weight is 349 g/mol. The summed E-state index contributed by atoms with van der Waals surface area (Å²) in [7, 11) is 0. The summed E-state index contributed by atoms with van der Waals surface area (Å²) in [5.41, 5.74) is 0.714. The number of aryl methyl sites for hydroxylation is 2. The molecule has 1 saturated carbocycles. The van der Waals surface area contributed by atoms with E-state index >= 15 is 0 Å². The van der Waals surface area contributed by atoms with Crippen molar-refractivity contribution in [3.8, 4) is 0 Å². The third-order valence-corrected chi connectivity index (χ3v) is 6.14. The van der Waals surface area contributed by atoms with Gasteiger partial charge in [-0.3, -0.25) is 14.4 Å². The van der Waals surface area contributed by atoms with E-state index in [1.807, 2.05) is 19.9 Å². The van der Waals surface area contributed by atoms with Crippen LogP contribution in [0.3, 0.4) is 0 Å². The number of carboxylic acids is 1. The van der Waals surface area contributed by atoms with Crippen molar-refractivity contribution in [1.29, 1.82) is 0 Å². The Morgan fingerprint density at radius 2 is 1.92 bits per heavy atom. The van der Waals surface area contributed by atoms with E-state index in [0.29, 0.717) is 24.6 Å². The van der Waals surface area contributed by atoms with Crippen LogP contribution in [0.5, 0.6) is 0 Å². The van der Waals surface area contributed by atoms with Crippen LogP contribution in [-0.4, -0.2) is 40.8 Å². The molecule has 2 aliphatic rings. The molecular weight excluding hydrogens is 326 g/mol. The van der Waals surface area contributed by atoms with Gasteiger partial charge in [-0.2, -0.15) is 0 Å². The first kappa shape index (κ1) is 17.1. The lowest BCUT2D eigenvalue weighted by atomic mass is 9.92. The van der Waals surface area contributed by atoms with E-state index in [2.05, 4.69) is 0 Å². The smallest absolute Gasteiger partial charge is 0.308 e. The van der Waals surface area contributed by atoms with Gasteiger partial charge >= 0.3 is 5.97 Å². The number of carbonyl (C=O) groups excluding carboxylic acids is 2. The van der Waals surface area contributed by atoms with E-state index in [4.69, 9.17) is 0 Å². The van der Waals surface area contributed by atoms with Crippen molar-refractivity contribution in [2.45, 2.75) is 39.5 Å². The molecule has 1 aromatic heterocycles. The van der Waals surface area contributed by atoms with Crippen molar-refractivity contribution < 1.29 is 19.5 Å². The SMILES string of the molecule is Cc1cc(C(=O)CCC(=O)N2C[C@H](C(=O)O)[C@@H](C3CC3)C2)c(C)s1. The fourth-order valence-electron chi connectivity index (χ4n) is 3.72. The van der Waals surface area contributed by atoms with Crippen LogP contribution < -0.4 is 0 Å². The van der Waals surface area contributed by atoms with Gasteiger partial charge in [0, 0.05) is 41.2 Å². The molecule has 0 aromatic carbocycles. The van der Waals surface area contributed by atoms with Gasteiger partial charge in [-0.1, -0.05) is 0 Å². The molecular formula is C18H23NO4S. The van der Waals surface area contributed by atoms with Crippen molar-refractivity contribution in [3.63, 3.8) is 0 Å². The highest BCUT2D eigenvalue weighted by Crippen LogP contribution is 2.44. The number of amides is 1. The molecule has 1 amide bonds. The van der Waals surface area contributed by atoms with Gasteiger partial charge < -0.3 is 10.0 Å². The molecule has 2 heterocycles. The van der Waals surface area contributed by atoms with Crippen molar-refractivity contribution in [2.24, 2.45) is 17.8 Å². The van der Waals surface area contributed by atoms with Gasteiger partial charge in [-0.25, -0.2) is 0 Å². The summed E-state index contributed by atoms with van der Waals surface area (Å²) in [6.07, 6.45) is 2.51. The van der Waals surface area contributed by atoms with E-state index in [1.165, 1.54) is 0 Å². The van der Waals surface area contributed by atoms with E-state index in [0.717, 1.165) is 22.6 Å². The van der Waals surface area contributed by atoms with Crippen molar-refractivity contribution in [2.75, 3.05) is 13.1 Å². The zero-order valence-corrected chi connectivity index (χ0v) is 14.9. The van der Waals surface area contributed by atoms with Crippen LogP contribution in [0.4, 0.5) is 0 Å². The van der Waals surface area contributed by atoms with Crippen LogP contribution in [0.2, 0.25) is 0 Å². The summed E-state index contributed by atoms with van der Waals surface area (Å²) in [4.78, 5) is 39.9. The number of carboxylic acid groups (broad SMARTS) is 1. The molecule has 2 fully saturated rings. The molecule has 130 valence electrons. The summed E-state index contributed by atoms with van der Waals surface area (Å²) >= 11 is 1.59. The van der Waals surface area contributed by atoms with Gasteiger partial charge in [-0.05, 0) is 44.6 Å². The maximum atomic E-state index is 12.4. The number of likely N-dealkylation sites (tertiary alicyclic amines) is 1. The third kappa shape index (κ3) is 3.53. The van der Waals surface area contributed by atoms with Gasteiger partial charge in [0.15, 0.2) is 5.78 Å². The standard InChI is InChI=1S/C18H23NO4S/c1-10-7-13(11(2)24-10)16(20)5-6-17(21)19-8-14(12-3-4-12)15(9-19)18(22)23/h7,12,14-15H,3-6,8-9H2,1-2H3,(H,22,23)/t14-,15+/m1/s1. The number of ketones is 1. The summed E-state index contributed by atoms with van der Waals surface area (Å²) < 4.78 is 0. The van der Waals surface area contributed by atoms with Gasteiger partial charge in [-0.15, -0.1) is 11.3 Å². The monoisotopic (exact) mass is 349 g/mol. The molecule has 1 aliphatic heterocycles. The molecule has 5 nitrogen and oxygen atoms in total. The molecule has 1 N–H and O–H groups in total. The zero-order chi connectivity index (χ0) is 17.4. The molecule has 1 saturated heterocycles. The average Bonchev–Trinajstić information content (AvgIpc) is 3.17. The minimum absolute atomic E-state index is 0.00192. The first-order valence-electron chi connectivity index (χ1n) is 8.47. The molecule has 1 aliphatic carbocycles. The second kappa shape index (κ2) is 6.67. The van der Waals surface area contributed by atoms with E-state index < -0.39 is 11.9 Å². The first-order valence-corrected chi connectivity index (χ1v) is 9.29. The highest BCUT2D eigenvalue weighted by atomic mass is 32.1. The maximum Gasteiger partial charge on any atom is 0.308 e. The number of aliphatic carboxylic acids is 1. The maximum absolute atomic E-state index is 12.4. The Morgan fingerprint density at radius 1 is 1.21 bits per heavy atom. The number of carbonyl (C=O) groups is 3. The van der Waals surface area contributed by atoms with E-state index in [-0.39, 0.29) is 30.4 Å². The Balaban J connectivity index is 1.56. The summed E-state index contributed by atoms with van der Waals surface area (Å²) in [6, 6.07) is 1.88. The quantitative estimate of drug-likeness (QED) is 0.801. The molecule has 0 spiro atoms. The lowest BCUT2D eigenvalue weighted by Gasteiger charge is -2.16. The first-order chi connectivity index (χ1) is 11.4. The topological polar surface area (TPSA) is 74.7 Å². The van der Waals surface area contributed by atoms with Gasteiger partial charge in [0.2, 0.25) is 5.91 Å². The predicted molar refractivity (Wildman–Crippen MR) is 91.3 cm³/mol. The van der Waals surface area contributed by atoms with Crippen molar-refractivity contribution in [1.82, 2.24) is 4.90 Å². The van der Waals surface area contributed by atoms with Crippen LogP contribution in [0, 0.1) is 31.6 Å². The zero-order valence-electron chi connectivity index (χ0n) is 14.1. The molecule has 6 heteroatoms. The van der Waals surface area contributed by atoms with E-state index in [1.54, 1.807) is 16.2 Å². The van der Waals surface area contributed by atoms with Crippen LogP contribution in [0.1, 0.15) is 45.8 Å². The minimum Gasteiger partial charge on any atom is -0.481 e. The number of rotatable bonds is 6. The number of hydrogen-bond acceptors (Lipinski definition) is 4. The second-order valence-electron chi connectivity index (χ2n) is 6.99. The Kier molecular flexibility index (Phi) is 4.76. The van der Waals surface area contributed by atoms with Crippen LogP contribution >= 0.6 is 11.3 Å². The number of Topliss-reactive ketones (excluding diaryl/α,β-unsaturated/α-hetero) is 1. The number of thiophene rings is 1. The number of nitrogens with zero attached hydrogens (tertiary/aromatic N) is 1. The molecule has 3 rings (SSSR count). The van der Waals surface area contributed by atoms with Crippen LogP contribution in [0.25, 0.3) is 0 Å². The van der Waals surface area contributed by atoms with Crippen molar-refractivity contribution in [3.05, 3.63) is 21.4 Å². The largest absolute Gasteiger partial charge is 0.481 e. The summed E-state index contributed by atoms with van der Waals surface area (Å²) in [6.45, 7) is 4.71. The summed E-state index contributed by atoms with van der Waals surface area (Å²) in [5.74, 6) is -0.798. The predicted octanol–water partition coefficient (Wildman–Crippen LogP) is 2.90. The number of hydrogen-bond donors (Lipinski definition) is 1. The van der Waals surface area contributed by atoms with E-state index in [9.17, 15) is 19.5 Å². The lowest BCUT2D eigenvalue weighted by molar-refractivity contribution is -0.142. The minimum atomic E-state index is -0.803. The van der Waals surface area contributed by atoms with Crippen LogP contribution in [0.15, 0.2) is 6.07 Å². The van der Waals surface area contributed by atoms with Gasteiger partial charge in [0.25, 0.3) is 0 Å². The third-order valence-electron chi connectivity index (χ3n) is 5.17. The lowest BCUT2D eigenvalue weighted by Crippen LogP contribution is -2.30. The fourth-order valence-corrected chi connectivity index (χ4v) is 4.66. The summed E-state index contributed by atoms with van der Waals surface area (Å²) in [5, 5.41) is 9.37. The fraction of sp³-hybridized carbons (Fsp3) is 0.611. The Hall–Kier alpha value is -1.69. The molecule has 0 bridgehead atoms. The second-order valence-corrected chi connectivity index (χ2v) is 8.46.